The number of amides is 1. The van der Waals surface area contributed by atoms with Crippen LogP contribution in [0.1, 0.15) is 17.4 Å². The molecule has 4 nitrogen and oxygen atoms in total. The zero-order valence-electron chi connectivity index (χ0n) is 12.1. The average Bonchev–Trinajstić information content (AvgIpc) is 3.01. The second-order valence-electron chi connectivity index (χ2n) is 5.02. The van der Waals surface area contributed by atoms with Crippen molar-refractivity contribution >= 4 is 17.2 Å². The van der Waals surface area contributed by atoms with E-state index in [4.69, 9.17) is 4.74 Å². The number of carbonyl (C=O) groups excluding carboxylic acids is 1. The van der Waals surface area contributed by atoms with Crippen molar-refractivity contribution in [1.29, 1.82) is 0 Å². The van der Waals surface area contributed by atoms with Crippen LogP contribution < -0.4 is 10.1 Å². The average molecular weight is 305 g/mol. The molecule has 21 heavy (non-hydrogen) atoms. The molecular weight excluding hydrogens is 286 g/mol. The van der Waals surface area contributed by atoms with E-state index in [1.807, 2.05) is 41.8 Å². The summed E-state index contributed by atoms with van der Waals surface area (Å²) in [4.78, 5) is 12.9. The van der Waals surface area contributed by atoms with Crippen LogP contribution in [-0.2, 0) is 16.8 Å². The molecule has 1 aromatic carbocycles. The molecular formula is C16H19NO3S. The van der Waals surface area contributed by atoms with Crippen LogP contribution in [0.25, 0.3) is 0 Å². The maximum Gasteiger partial charge on any atom is 0.224 e. The summed E-state index contributed by atoms with van der Waals surface area (Å²) in [6.45, 7) is 1.88. The van der Waals surface area contributed by atoms with E-state index in [0.717, 1.165) is 10.4 Å². The lowest BCUT2D eigenvalue weighted by molar-refractivity contribution is -0.121. The van der Waals surface area contributed by atoms with Crippen LogP contribution in [-0.4, -0.2) is 24.7 Å². The topological polar surface area (TPSA) is 58.6 Å². The number of aliphatic hydroxyl groups is 1. The maximum atomic E-state index is 12.0. The van der Waals surface area contributed by atoms with Gasteiger partial charge in [0, 0.05) is 10.4 Å². The van der Waals surface area contributed by atoms with Crippen molar-refractivity contribution in [1.82, 2.24) is 5.32 Å². The van der Waals surface area contributed by atoms with E-state index < -0.39 is 5.60 Å². The summed E-state index contributed by atoms with van der Waals surface area (Å²) in [5.41, 5.74) is -0.224. The number of rotatable bonds is 6. The Morgan fingerprint density at radius 3 is 2.76 bits per heavy atom. The van der Waals surface area contributed by atoms with E-state index in [0.29, 0.717) is 5.75 Å². The standard InChI is InChI=1S/C16H19NO3S/c1-16(19,14-8-5-9-21-14)11-17-15(18)10-12-6-3-4-7-13(12)20-2/h3-9,19H,10-11H2,1-2H3,(H,17,18). The third-order valence-corrected chi connectivity index (χ3v) is 4.35. The lowest BCUT2D eigenvalue weighted by Gasteiger charge is -2.22. The fraction of sp³-hybridized carbons (Fsp3) is 0.312. The Bertz CT molecular complexity index is 593. The smallest absolute Gasteiger partial charge is 0.224 e. The number of para-hydroxylation sites is 1. The first-order valence-electron chi connectivity index (χ1n) is 6.68. The van der Waals surface area contributed by atoms with Crippen molar-refractivity contribution in [3.8, 4) is 5.75 Å². The largest absolute Gasteiger partial charge is 0.496 e. The fourth-order valence-electron chi connectivity index (χ4n) is 2.03. The summed E-state index contributed by atoms with van der Waals surface area (Å²) in [6, 6.07) is 11.1. The molecule has 1 atom stereocenters. The van der Waals surface area contributed by atoms with E-state index in [9.17, 15) is 9.90 Å². The zero-order chi connectivity index (χ0) is 15.3. The van der Waals surface area contributed by atoms with Gasteiger partial charge in [0.05, 0.1) is 20.1 Å². The van der Waals surface area contributed by atoms with Crippen molar-refractivity contribution in [2.24, 2.45) is 0 Å². The highest BCUT2D eigenvalue weighted by Gasteiger charge is 2.24. The second-order valence-corrected chi connectivity index (χ2v) is 5.96. The quantitative estimate of drug-likeness (QED) is 0.861. The molecule has 0 radical (unpaired) electrons. The summed E-state index contributed by atoms with van der Waals surface area (Å²) in [5, 5.41) is 15.0. The minimum absolute atomic E-state index is 0.142. The summed E-state index contributed by atoms with van der Waals surface area (Å²) < 4.78 is 5.22. The number of thiophene rings is 1. The SMILES string of the molecule is COc1ccccc1CC(=O)NCC(C)(O)c1cccs1. The Labute approximate surface area is 128 Å². The number of hydrogen-bond donors (Lipinski definition) is 2. The lowest BCUT2D eigenvalue weighted by atomic mass is 10.0. The molecule has 0 aliphatic rings. The van der Waals surface area contributed by atoms with Gasteiger partial charge in [0.25, 0.3) is 0 Å². The predicted molar refractivity (Wildman–Crippen MR) is 83.6 cm³/mol. The molecule has 2 N–H and O–H groups in total. The van der Waals surface area contributed by atoms with E-state index in [-0.39, 0.29) is 18.9 Å². The zero-order valence-corrected chi connectivity index (χ0v) is 12.9. The normalized spacial score (nSPS) is 13.5. The second kappa shape index (κ2) is 6.74. The molecule has 1 amide bonds. The van der Waals surface area contributed by atoms with Crippen LogP contribution in [0.3, 0.4) is 0 Å². The number of hydrogen-bond acceptors (Lipinski definition) is 4. The Hall–Kier alpha value is -1.85. The molecule has 1 heterocycles. The van der Waals surface area contributed by atoms with Crippen molar-refractivity contribution in [3.05, 3.63) is 52.2 Å². The molecule has 5 heteroatoms. The fourth-order valence-corrected chi connectivity index (χ4v) is 2.81. The van der Waals surface area contributed by atoms with Gasteiger partial charge in [-0.05, 0) is 24.4 Å². The van der Waals surface area contributed by atoms with Crippen molar-refractivity contribution < 1.29 is 14.6 Å². The van der Waals surface area contributed by atoms with Gasteiger partial charge in [-0.25, -0.2) is 0 Å². The van der Waals surface area contributed by atoms with Gasteiger partial charge in [-0.1, -0.05) is 24.3 Å². The molecule has 2 aromatic rings. The molecule has 0 aliphatic carbocycles. The molecule has 0 spiro atoms. The summed E-state index contributed by atoms with van der Waals surface area (Å²) >= 11 is 1.47. The van der Waals surface area contributed by atoms with E-state index in [2.05, 4.69) is 5.32 Å². The monoisotopic (exact) mass is 305 g/mol. The highest BCUT2D eigenvalue weighted by molar-refractivity contribution is 7.10. The number of benzene rings is 1. The third kappa shape index (κ3) is 4.06. The number of nitrogens with one attached hydrogen (secondary N) is 1. The molecule has 1 aromatic heterocycles. The molecule has 1 unspecified atom stereocenters. The van der Waals surface area contributed by atoms with E-state index in [1.54, 1.807) is 14.0 Å². The predicted octanol–water partition coefficient (Wildman–Crippen LogP) is 2.32. The summed E-state index contributed by atoms with van der Waals surface area (Å²) in [5.74, 6) is 0.550. The molecule has 0 fully saturated rings. The van der Waals surface area contributed by atoms with Gasteiger partial charge in [-0.15, -0.1) is 11.3 Å². The third-order valence-electron chi connectivity index (χ3n) is 3.23. The number of carbonyl (C=O) groups is 1. The van der Waals surface area contributed by atoms with Gasteiger partial charge in [-0.2, -0.15) is 0 Å². The van der Waals surface area contributed by atoms with Gasteiger partial charge in [0.2, 0.25) is 5.91 Å². The highest BCUT2D eigenvalue weighted by atomic mass is 32.1. The summed E-state index contributed by atoms with van der Waals surface area (Å²) in [7, 11) is 1.58. The van der Waals surface area contributed by atoms with Gasteiger partial charge >= 0.3 is 0 Å². The lowest BCUT2D eigenvalue weighted by Crippen LogP contribution is -2.38. The van der Waals surface area contributed by atoms with Crippen LogP contribution in [0.2, 0.25) is 0 Å². The van der Waals surface area contributed by atoms with Crippen LogP contribution >= 0.6 is 11.3 Å². The Morgan fingerprint density at radius 1 is 1.33 bits per heavy atom. The van der Waals surface area contributed by atoms with Crippen LogP contribution in [0.15, 0.2) is 41.8 Å². The first kappa shape index (κ1) is 15.5. The van der Waals surface area contributed by atoms with Gasteiger partial charge < -0.3 is 15.2 Å². The van der Waals surface area contributed by atoms with Gasteiger partial charge in [0.15, 0.2) is 0 Å². The minimum atomic E-state index is -1.05. The summed E-state index contributed by atoms with van der Waals surface area (Å²) in [6.07, 6.45) is 0.227. The molecule has 0 aliphatic heterocycles. The molecule has 0 saturated heterocycles. The first-order valence-corrected chi connectivity index (χ1v) is 7.56. The van der Waals surface area contributed by atoms with Gasteiger partial charge in [0.1, 0.15) is 11.4 Å². The van der Waals surface area contributed by atoms with E-state index in [1.165, 1.54) is 11.3 Å². The Kier molecular flexibility index (Phi) is 4.98. The van der Waals surface area contributed by atoms with Crippen LogP contribution in [0.5, 0.6) is 5.75 Å². The van der Waals surface area contributed by atoms with Crippen molar-refractivity contribution in [3.63, 3.8) is 0 Å². The van der Waals surface area contributed by atoms with Crippen molar-refractivity contribution in [2.45, 2.75) is 18.9 Å². The number of methoxy groups -OCH3 is 1. The molecule has 0 bridgehead atoms. The highest BCUT2D eigenvalue weighted by Crippen LogP contribution is 2.24. The maximum absolute atomic E-state index is 12.0. The van der Waals surface area contributed by atoms with Crippen LogP contribution in [0.4, 0.5) is 0 Å². The molecule has 2 rings (SSSR count). The first-order chi connectivity index (χ1) is 10.0. The van der Waals surface area contributed by atoms with E-state index >= 15 is 0 Å². The van der Waals surface area contributed by atoms with Gasteiger partial charge in [-0.3, -0.25) is 4.79 Å². The number of ether oxygens (including phenoxy) is 1. The molecule has 0 saturated carbocycles. The Balaban J connectivity index is 1.93. The minimum Gasteiger partial charge on any atom is -0.496 e. The van der Waals surface area contributed by atoms with Crippen LogP contribution in [0, 0.1) is 0 Å². The molecule has 112 valence electrons. The Morgan fingerprint density at radius 2 is 2.10 bits per heavy atom. The van der Waals surface area contributed by atoms with Crippen molar-refractivity contribution in [2.75, 3.05) is 13.7 Å².